The van der Waals surface area contributed by atoms with Crippen LogP contribution in [0.1, 0.15) is 19.3 Å². The van der Waals surface area contributed by atoms with Crippen molar-refractivity contribution in [3.63, 3.8) is 0 Å². The summed E-state index contributed by atoms with van der Waals surface area (Å²) in [5.74, 6) is -0.171. The molecule has 0 saturated heterocycles. The Morgan fingerprint density at radius 2 is 1.83 bits per heavy atom. The average Bonchev–Trinajstić information content (AvgIpc) is 2.56. The highest BCUT2D eigenvalue weighted by atomic mass is 35.5. The van der Waals surface area contributed by atoms with E-state index in [2.05, 4.69) is 5.32 Å². The Balaban J connectivity index is 2.02. The zero-order chi connectivity index (χ0) is 16.7. The molecule has 0 bridgehead atoms. The number of halogens is 1. The Labute approximate surface area is 141 Å². The fraction of sp³-hybridized carbons (Fsp3) is 0.278. The van der Waals surface area contributed by atoms with Gasteiger partial charge in [-0.2, -0.15) is 0 Å². The molecule has 23 heavy (non-hydrogen) atoms. The van der Waals surface area contributed by atoms with Crippen molar-refractivity contribution in [2.45, 2.75) is 25.3 Å². The van der Waals surface area contributed by atoms with Crippen LogP contribution in [0.2, 0.25) is 5.02 Å². The Morgan fingerprint density at radius 3 is 2.52 bits per heavy atom. The third-order valence-electron chi connectivity index (χ3n) is 3.61. The highest BCUT2D eigenvalue weighted by Gasteiger charge is 2.13. The number of carbonyl (C=O) groups excluding carboxylic acids is 1. The van der Waals surface area contributed by atoms with Crippen LogP contribution < -0.4 is 16.8 Å². The van der Waals surface area contributed by atoms with E-state index in [0.29, 0.717) is 18.0 Å². The summed E-state index contributed by atoms with van der Waals surface area (Å²) in [4.78, 5) is 12.1. The van der Waals surface area contributed by atoms with E-state index in [1.807, 2.05) is 48.5 Å². The van der Waals surface area contributed by atoms with E-state index in [1.54, 1.807) is 0 Å². The second kappa shape index (κ2) is 8.67. The van der Waals surface area contributed by atoms with E-state index in [4.69, 9.17) is 23.1 Å². The molecular formula is C18H22ClN3O. The summed E-state index contributed by atoms with van der Waals surface area (Å²) in [7, 11) is 0. The van der Waals surface area contributed by atoms with E-state index < -0.39 is 6.04 Å². The minimum absolute atomic E-state index is 0.171. The zero-order valence-electron chi connectivity index (χ0n) is 13.0. The first-order valence-corrected chi connectivity index (χ1v) is 8.10. The average molecular weight is 332 g/mol. The lowest BCUT2D eigenvalue weighted by atomic mass is 10.0. The van der Waals surface area contributed by atoms with Crippen LogP contribution in [0.5, 0.6) is 0 Å². The van der Waals surface area contributed by atoms with Gasteiger partial charge in [-0.05, 0) is 54.8 Å². The first-order chi connectivity index (χ1) is 11.1. The number of hydrogen-bond acceptors (Lipinski definition) is 3. The van der Waals surface area contributed by atoms with E-state index in [1.165, 1.54) is 0 Å². The van der Waals surface area contributed by atoms with E-state index in [-0.39, 0.29) is 5.91 Å². The molecule has 5 N–H and O–H groups in total. The largest absolute Gasteiger partial charge is 0.330 e. The number of nitrogens with two attached hydrogens (primary N) is 2. The monoisotopic (exact) mass is 331 g/mol. The van der Waals surface area contributed by atoms with Crippen LogP contribution in [0.25, 0.3) is 11.1 Å². The van der Waals surface area contributed by atoms with Gasteiger partial charge in [-0.1, -0.05) is 42.3 Å². The molecule has 0 radical (unpaired) electrons. The number of rotatable bonds is 7. The van der Waals surface area contributed by atoms with Crippen molar-refractivity contribution in [3.8, 4) is 11.1 Å². The molecule has 0 aliphatic rings. The third kappa shape index (κ3) is 5.36. The first-order valence-electron chi connectivity index (χ1n) is 7.72. The minimum atomic E-state index is -0.513. The summed E-state index contributed by atoms with van der Waals surface area (Å²) < 4.78 is 0. The Morgan fingerprint density at radius 1 is 1.09 bits per heavy atom. The molecule has 0 aromatic heterocycles. The molecule has 0 saturated carbocycles. The van der Waals surface area contributed by atoms with Gasteiger partial charge in [0.25, 0.3) is 0 Å². The molecule has 1 amide bonds. The fourth-order valence-corrected chi connectivity index (χ4v) is 2.42. The van der Waals surface area contributed by atoms with E-state index >= 15 is 0 Å². The lowest BCUT2D eigenvalue weighted by molar-refractivity contribution is -0.117. The van der Waals surface area contributed by atoms with E-state index in [9.17, 15) is 4.79 Å². The lowest BCUT2D eigenvalue weighted by Crippen LogP contribution is -2.35. The van der Waals surface area contributed by atoms with Crippen LogP contribution in [0.3, 0.4) is 0 Å². The van der Waals surface area contributed by atoms with Gasteiger partial charge in [0, 0.05) is 10.7 Å². The number of carbonyl (C=O) groups is 1. The van der Waals surface area contributed by atoms with Gasteiger partial charge >= 0.3 is 0 Å². The quantitative estimate of drug-likeness (QED) is 0.680. The SMILES string of the molecule is NCCCCC(N)C(=O)Nc1cccc(-c2ccc(Cl)cc2)c1. The maximum atomic E-state index is 12.1. The van der Waals surface area contributed by atoms with Crippen LogP contribution in [0.4, 0.5) is 5.69 Å². The topological polar surface area (TPSA) is 81.1 Å². The van der Waals surface area contributed by atoms with Gasteiger partial charge in [-0.15, -0.1) is 0 Å². The zero-order valence-corrected chi connectivity index (χ0v) is 13.7. The maximum absolute atomic E-state index is 12.1. The number of unbranched alkanes of at least 4 members (excludes halogenated alkanes) is 1. The second-order valence-electron chi connectivity index (χ2n) is 5.47. The van der Waals surface area contributed by atoms with Gasteiger partial charge < -0.3 is 16.8 Å². The Kier molecular flexibility index (Phi) is 6.59. The molecule has 122 valence electrons. The van der Waals surface area contributed by atoms with Gasteiger partial charge in [0.1, 0.15) is 0 Å². The van der Waals surface area contributed by atoms with Crippen LogP contribution >= 0.6 is 11.6 Å². The lowest BCUT2D eigenvalue weighted by Gasteiger charge is -2.13. The van der Waals surface area contributed by atoms with Gasteiger partial charge in [0.15, 0.2) is 0 Å². The molecule has 2 aromatic rings. The van der Waals surface area contributed by atoms with Crippen molar-refractivity contribution >= 4 is 23.2 Å². The predicted octanol–water partition coefficient (Wildman–Crippen LogP) is 3.40. The van der Waals surface area contributed by atoms with Gasteiger partial charge in [0.05, 0.1) is 6.04 Å². The van der Waals surface area contributed by atoms with Crippen molar-refractivity contribution in [1.82, 2.24) is 0 Å². The summed E-state index contributed by atoms with van der Waals surface area (Å²) in [5, 5.41) is 3.56. The van der Waals surface area contributed by atoms with Crippen molar-refractivity contribution < 1.29 is 4.79 Å². The standard InChI is InChI=1S/C18H22ClN3O/c19-15-9-7-13(8-10-15)14-4-3-5-16(12-14)22-18(23)17(21)6-1-2-11-20/h3-5,7-10,12,17H,1-2,6,11,20-21H2,(H,22,23). The molecule has 4 nitrogen and oxygen atoms in total. The molecule has 1 atom stereocenters. The fourth-order valence-electron chi connectivity index (χ4n) is 2.29. The molecule has 2 rings (SSSR count). The second-order valence-corrected chi connectivity index (χ2v) is 5.90. The number of anilines is 1. The summed E-state index contributed by atoms with van der Waals surface area (Å²) in [6, 6.07) is 14.7. The minimum Gasteiger partial charge on any atom is -0.330 e. The Hall–Kier alpha value is -1.88. The molecule has 5 heteroatoms. The van der Waals surface area contributed by atoms with Crippen molar-refractivity contribution in [2.75, 3.05) is 11.9 Å². The van der Waals surface area contributed by atoms with E-state index in [0.717, 1.165) is 29.7 Å². The number of nitrogens with one attached hydrogen (secondary N) is 1. The van der Waals surface area contributed by atoms with Crippen molar-refractivity contribution in [3.05, 3.63) is 53.6 Å². The summed E-state index contributed by atoms with van der Waals surface area (Å²) in [5.41, 5.74) is 14.1. The number of hydrogen-bond donors (Lipinski definition) is 3. The summed E-state index contributed by atoms with van der Waals surface area (Å²) >= 11 is 5.91. The molecule has 2 aromatic carbocycles. The van der Waals surface area contributed by atoms with Crippen LogP contribution in [-0.4, -0.2) is 18.5 Å². The van der Waals surface area contributed by atoms with Gasteiger partial charge in [0.2, 0.25) is 5.91 Å². The van der Waals surface area contributed by atoms with Crippen LogP contribution in [-0.2, 0) is 4.79 Å². The van der Waals surface area contributed by atoms with Crippen LogP contribution in [0.15, 0.2) is 48.5 Å². The highest BCUT2D eigenvalue weighted by molar-refractivity contribution is 6.30. The molecule has 0 aliphatic heterocycles. The number of amides is 1. The first kappa shape index (κ1) is 17.5. The molecule has 0 spiro atoms. The third-order valence-corrected chi connectivity index (χ3v) is 3.87. The summed E-state index contributed by atoms with van der Waals surface area (Å²) in [6.45, 7) is 0.622. The smallest absolute Gasteiger partial charge is 0.241 e. The van der Waals surface area contributed by atoms with Crippen molar-refractivity contribution in [1.29, 1.82) is 0 Å². The molecule has 0 aliphatic carbocycles. The Bertz CT molecular complexity index is 643. The highest BCUT2D eigenvalue weighted by Crippen LogP contribution is 2.24. The molecule has 0 heterocycles. The van der Waals surface area contributed by atoms with Gasteiger partial charge in [-0.3, -0.25) is 4.79 Å². The van der Waals surface area contributed by atoms with Gasteiger partial charge in [-0.25, -0.2) is 0 Å². The number of benzene rings is 2. The molecule has 1 unspecified atom stereocenters. The van der Waals surface area contributed by atoms with Crippen molar-refractivity contribution in [2.24, 2.45) is 11.5 Å². The maximum Gasteiger partial charge on any atom is 0.241 e. The predicted molar refractivity (Wildman–Crippen MR) is 96.4 cm³/mol. The normalized spacial score (nSPS) is 12.0. The molecular weight excluding hydrogens is 310 g/mol. The van der Waals surface area contributed by atoms with Crippen LogP contribution in [0, 0.1) is 0 Å². The summed E-state index contributed by atoms with van der Waals surface area (Å²) in [6.07, 6.45) is 2.38. The molecule has 0 fully saturated rings.